The summed E-state index contributed by atoms with van der Waals surface area (Å²) in [6.07, 6.45) is 3.08. The van der Waals surface area contributed by atoms with Gasteiger partial charge in [0.05, 0.1) is 12.2 Å². The summed E-state index contributed by atoms with van der Waals surface area (Å²) in [5.74, 6) is 0.472. The Morgan fingerprint density at radius 2 is 2.24 bits per heavy atom. The van der Waals surface area contributed by atoms with Gasteiger partial charge in [-0.05, 0) is 17.8 Å². The van der Waals surface area contributed by atoms with Crippen molar-refractivity contribution in [2.45, 2.75) is 25.0 Å². The standard InChI is InChI=1S/C15H21N5O4S/c21-11(12-2-1-8-24-12)10-17-3-5-18(6-4-17)13-14(20(22)23)19-7-9-25-15(19)16-13/h7,9,11-12,21H,1-6,8,10H2/t11-,12-/m0/s1. The van der Waals surface area contributed by atoms with Crippen molar-refractivity contribution in [1.29, 1.82) is 0 Å². The van der Waals surface area contributed by atoms with Gasteiger partial charge in [0, 0.05) is 44.7 Å². The monoisotopic (exact) mass is 367 g/mol. The Morgan fingerprint density at radius 3 is 2.92 bits per heavy atom. The van der Waals surface area contributed by atoms with E-state index in [0.29, 0.717) is 30.4 Å². The fourth-order valence-corrected chi connectivity index (χ4v) is 4.28. The Hall–Kier alpha value is -1.75. The van der Waals surface area contributed by atoms with Crippen LogP contribution in [0.3, 0.4) is 0 Å². The van der Waals surface area contributed by atoms with Crippen molar-refractivity contribution >= 4 is 27.9 Å². The van der Waals surface area contributed by atoms with E-state index in [0.717, 1.165) is 32.5 Å². The van der Waals surface area contributed by atoms with Crippen LogP contribution in [0, 0.1) is 10.1 Å². The first-order valence-corrected chi connectivity index (χ1v) is 9.38. The predicted octanol–water partition coefficient (Wildman–Crippen LogP) is 0.966. The molecule has 0 bridgehead atoms. The first-order valence-electron chi connectivity index (χ1n) is 8.50. The van der Waals surface area contributed by atoms with E-state index in [1.54, 1.807) is 11.6 Å². The molecule has 9 nitrogen and oxygen atoms in total. The van der Waals surface area contributed by atoms with E-state index in [1.807, 2.05) is 4.90 Å². The van der Waals surface area contributed by atoms with Crippen molar-refractivity contribution in [1.82, 2.24) is 14.3 Å². The van der Waals surface area contributed by atoms with Gasteiger partial charge in [-0.25, -0.2) is 0 Å². The highest BCUT2D eigenvalue weighted by atomic mass is 32.1. The minimum absolute atomic E-state index is 0.0316. The van der Waals surface area contributed by atoms with Gasteiger partial charge in [-0.15, -0.1) is 0 Å². The minimum atomic E-state index is -0.471. The summed E-state index contributed by atoms with van der Waals surface area (Å²) in [7, 11) is 0. The molecule has 2 aromatic heterocycles. The zero-order valence-corrected chi connectivity index (χ0v) is 14.6. The van der Waals surface area contributed by atoms with Crippen LogP contribution >= 0.6 is 11.3 Å². The summed E-state index contributed by atoms with van der Waals surface area (Å²) in [5.41, 5.74) is 0. The van der Waals surface area contributed by atoms with Gasteiger partial charge in [0.2, 0.25) is 5.82 Å². The van der Waals surface area contributed by atoms with Gasteiger partial charge >= 0.3 is 5.82 Å². The van der Waals surface area contributed by atoms with Crippen LogP contribution in [0.2, 0.25) is 0 Å². The number of nitro groups is 1. The lowest BCUT2D eigenvalue weighted by molar-refractivity contribution is -0.389. The van der Waals surface area contributed by atoms with E-state index in [9.17, 15) is 15.2 Å². The number of imidazole rings is 1. The summed E-state index contributed by atoms with van der Waals surface area (Å²) >= 11 is 1.39. The van der Waals surface area contributed by atoms with Gasteiger partial charge in [-0.3, -0.25) is 4.90 Å². The van der Waals surface area contributed by atoms with Gasteiger partial charge in [0.15, 0.2) is 0 Å². The largest absolute Gasteiger partial charge is 0.389 e. The fraction of sp³-hybridized carbons (Fsp3) is 0.667. The molecule has 2 aliphatic rings. The highest BCUT2D eigenvalue weighted by Gasteiger charge is 2.31. The van der Waals surface area contributed by atoms with Crippen LogP contribution < -0.4 is 4.90 Å². The molecular formula is C15H21N5O4S. The number of ether oxygens (including phenoxy) is 1. The molecule has 136 valence electrons. The lowest BCUT2D eigenvalue weighted by Gasteiger charge is -2.36. The number of piperazine rings is 1. The Labute approximate surface area is 148 Å². The van der Waals surface area contributed by atoms with Crippen molar-refractivity contribution in [3.05, 3.63) is 21.7 Å². The second-order valence-electron chi connectivity index (χ2n) is 6.48. The molecule has 2 aromatic rings. The van der Waals surface area contributed by atoms with Crippen LogP contribution in [0.1, 0.15) is 12.8 Å². The van der Waals surface area contributed by atoms with E-state index < -0.39 is 6.10 Å². The van der Waals surface area contributed by atoms with Crippen LogP contribution in [0.15, 0.2) is 11.6 Å². The normalized spacial score (nSPS) is 23.4. The second-order valence-corrected chi connectivity index (χ2v) is 7.35. The number of aliphatic hydroxyl groups excluding tert-OH is 1. The van der Waals surface area contributed by atoms with Crippen LogP contribution in [0.4, 0.5) is 11.6 Å². The zero-order chi connectivity index (χ0) is 17.4. The molecule has 4 rings (SSSR count). The molecule has 10 heteroatoms. The lowest BCUT2D eigenvalue weighted by atomic mass is 10.1. The number of hydrogen-bond acceptors (Lipinski definition) is 8. The van der Waals surface area contributed by atoms with Gasteiger partial charge in [0.25, 0.3) is 4.96 Å². The summed E-state index contributed by atoms with van der Waals surface area (Å²) in [6, 6.07) is 0. The molecule has 0 amide bonds. The Morgan fingerprint density at radius 1 is 1.44 bits per heavy atom. The van der Waals surface area contributed by atoms with Crippen molar-refractivity contribution in [3.8, 4) is 0 Å². The van der Waals surface area contributed by atoms with Gasteiger partial charge in [-0.1, -0.05) is 11.3 Å². The number of aromatic nitrogens is 2. The first-order chi connectivity index (χ1) is 12.1. The van der Waals surface area contributed by atoms with E-state index in [-0.39, 0.29) is 16.8 Å². The molecule has 25 heavy (non-hydrogen) atoms. The van der Waals surface area contributed by atoms with Crippen molar-refractivity contribution in [3.63, 3.8) is 0 Å². The molecule has 0 radical (unpaired) electrons. The fourth-order valence-electron chi connectivity index (χ4n) is 3.57. The second kappa shape index (κ2) is 6.87. The molecule has 1 N–H and O–H groups in total. The Kier molecular flexibility index (Phi) is 4.59. The van der Waals surface area contributed by atoms with Crippen molar-refractivity contribution < 1.29 is 14.8 Å². The third-order valence-electron chi connectivity index (χ3n) is 4.90. The molecule has 0 spiro atoms. The van der Waals surface area contributed by atoms with Crippen LogP contribution in [-0.2, 0) is 4.74 Å². The number of aliphatic hydroxyl groups is 1. The van der Waals surface area contributed by atoms with Crippen molar-refractivity contribution in [2.24, 2.45) is 0 Å². The third-order valence-corrected chi connectivity index (χ3v) is 5.66. The Balaban J connectivity index is 1.41. The third kappa shape index (κ3) is 3.22. The Bertz CT molecular complexity index is 748. The summed E-state index contributed by atoms with van der Waals surface area (Å²) < 4.78 is 7.08. The van der Waals surface area contributed by atoms with Crippen LogP contribution in [0.25, 0.3) is 4.96 Å². The predicted molar refractivity (Wildman–Crippen MR) is 93.4 cm³/mol. The van der Waals surface area contributed by atoms with Gasteiger partial charge in [0.1, 0.15) is 6.20 Å². The van der Waals surface area contributed by atoms with Crippen LogP contribution in [-0.4, -0.2) is 75.9 Å². The average molecular weight is 367 g/mol. The number of hydrogen-bond donors (Lipinski definition) is 1. The summed E-state index contributed by atoms with van der Waals surface area (Å²) in [4.78, 5) is 20.3. The molecule has 4 heterocycles. The molecule has 2 aliphatic heterocycles. The SMILES string of the molecule is O=[N+]([O-])c1c(N2CCN(C[C@H](O)[C@@H]3CCCO3)CC2)nc2sccn12. The highest BCUT2D eigenvalue weighted by Crippen LogP contribution is 2.31. The molecule has 2 saturated heterocycles. The number of anilines is 1. The highest BCUT2D eigenvalue weighted by molar-refractivity contribution is 7.15. The van der Waals surface area contributed by atoms with Gasteiger partial charge in [-0.2, -0.15) is 9.38 Å². The molecular weight excluding hydrogens is 346 g/mol. The number of thiazole rings is 1. The summed E-state index contributed by atoms with van der Waals surface area (Å²) in [6.45, 7) is 4.11. The topological polar surface area (TPSA) is 96.4 Å². The smallest absolute Gasteiger partial charge is 0.373 e. The number of β-amino-alcohol motifs (C(OH)–C–C–N with tert-alkyl or cyclic N) is 1. The van der Waals surface area contributed by atoms with Crippen molar-refractivity contribution in [2.75, 3.05) is 44.2 Å². The van der Waals surface area contributed by atoms with Gasteiger partial charge < -0.3 is 24.9 Å². The molecule has 0 aromatic carbocycles. The molecule has 0 aliphatic carbocycles. The molecule has 0 saturated carbocycles. The number of rotatable bonds is 5. The lowest BCUT2D eigenvalue weighted by Crippen LogP contribution is -2.50. The van der Waals surface area contributed by atoms with E-state index in [2.05, 4.69) is 9.88 Å². The van der Waals surface area contributed by atoms with E-state index >= 15 is 0 Å². The maximum Gasteiger partial charge on any atom is 0.373 e. The summed E-state index contributed by atoms with van der Waals surface area (Å²) in [5, 5.41) is 23.5. The number of fused-ring (bicyclic) bond motifs is 1. The van der Waals surface area contributed by atoms with E-state index in [4.69, 9.17) is 4.74 Å². The zero-order valence-electron chi connectivity index (χ0n) is 13.8. The quantitative estimate of drug-likeness (QED) is 0.621. The maximum atomic E-state index is 11.5. The molecule has 0 unspecified atom stereocenters. The molecule has 2 atom stereocenters. The first kappa shape index (κ1) is 16.7. The average Bonchev–Trinajstić information content (AvgIpc) is 3.31. The number of nitrogens with zero attached hydrogens (tertiary/aromatic N) is 5. The maximum absolute atomic E-state index is 11.5. The van der Waals surface area contributed by atoms with E-state index in [1.165, 1.54) is 15.7 Å². The molecule has 2 fully saturated rings. The van der Waals surface area contributed by atoms with Crippen LogP contribution in [0.5, 0.6) is 0 Å². The minimum Gasteiger partial charge on any atom is -0.389 e.